The summed E-state index contributed by atoms with van der Waals surface area (Å²) in [5.74, 6) is -4.71. The molecule has 9 nitrogen and oxygen atoms in total. The molecule has 0 saturated heterocycles. The predicted molar refractivity (Wildman–Crippen MR) is 113 cm³/mol. The zero-order valence-electron chi connectivity index (χ0n) is 18.9. The molecule has 3 heterocycles. The number of aliphatic carboxylic acids is 2. The summed E-state index contributed by atoms with van der Waals surface area (Å²) in [4.78, 5) is 24.7. The lowest BCUT2D eigenvalue weighted by atomic mass is 10.0. The maximum Gasteiger partial charge on any atom is 0.490 e. The van der Waals surface area contributed by atoms with E-state index in [4.69, 9.17) is 24.5 Å². The highest BCUT2D eigenvalue weighted by molar-refractivity contribution is 7.09. The normalized spacial score (nSPS) is 17.8. The molecule has 4 rings (SSSR count). The van der Waals surface area contributed by atoms with Crippen LogP contribution >= 0.6 is 11.3 Å². The Balaban J connectivity index is 0.000000271. The molecule has 202 valence electrons. The Morgan fingerprint density at radius 3 is 2.17 bits per heavy atom. The standard InChI is InChI=1S/C16H22N4OS.2C2HF3O2/c1-19-16-13(8-18-19)4-6-20(9-15-17-5-7-22-15)14(16)11-21-10-12-2-3-12;2*3-2(4,5)1(6)7/h5,7-8,12,14H,2-4,6,9-11H2,1H3;2*(H,6,7). The van der Waals surface area contributed by atoms with E-state index in [0.29, 0.717) is 6.04 Å². The number of fused-ring (bicyclic) bond motifs is 1. The molecule has 1 aliphatic heterocycles. The van der Waals surface area contributed by atoms with Crippen LogP contribution in [0.2, 0.25) is 0 Å². The van der Waals surface area contributed by atoms with Crippen molar-refractivity contribution in [3.8, 4) is 0 Å². The van der Waals surface area contributed by atoms with Gasteiger partial charge in [-0.25, -0.2) is 14.6 Å². The van der Waals surface area contributed by atoms with Crippen LogP contribution in [0.3, 0.4) is 0 Å². The molecule has 0 bridgehead atoms. The number of halogens is 6. The van der Waals surface area contributed by atoms with Crippen molar-refractivity contribution in [2.45, 2.75) is 44.2 Å². The molecule has 2 N–H and O–H groups in total. The summed E-state index contributed by atoms with van der Waals surface area (Å²) in [6.07, 6.45) is -2.52. The monoisotopic (exact) mass is 546 g/mol. The van der Waals surface area contributed by atoms with Crippen molar-refractivity contribution in [2.75, 3.05) is 19.8 Å². The van der Waals surface area contributed by atoms with Crippen molar-refractivity contribution >= 4 is 23.3 Å². The Kier molecular flexibility index (Phi) is 10.2. The van der Waals surface area contributed by atoms with Gasteiger partial charge in [-0.15, -0.1) is 11.3 Å². The third-order valence-corrected chi connectivity index (χ3v) is 5.89. The first-order valence-corrected chi connectivity index (χ1v) is 11.4. The number of hydrogen-bond acceptors (Lipinski definition) is 7. The van der Waals surface area contributed by atoms with Crippen molar-refractivity contribution in [3.63, 3.8) is 0 Å². The molecule has 0 radical (unpaired) electrons. The lowest BCUT2D eigenvalue weighted by Crippen LogP contribution is -2.38. The molecule has 1 atom stereocenters. The second-order valence-electron chi connectivity index (χ2n) is 7.93. The molecular weight excluding hydrogens is 522 g/mol. The Labute approximate surface area is 205 Å². The molecule has 0 amide bonds. The molecule has 2 aliphatic rings. The fraction of sp³-hybridized carbons (Fsp3) is 0.600. The van der Waals surface area contributed by atoms with E-state index in [2.05, 4.69) is 15.0 Å². The van der Waals surface area contributed by atoms with Gasteiger partial charge in [0.2, 0.25) is 0 Å². The van der Waals surface area contributed by atoms with Gasteiger partial charge in [-0.2, -0.15) is 31.4 Å². The molecule has 36 heavy (non-hydrogen) atoms. The number of carbonyl (C=O) groups is 2. The highest BCUT2D eigenvalue weighted by Gasteiger charge is 2.39. The largest absolute Gasteiger partial charge is 0.490 e. The quantitative estimate of drug-likeness (QED) is 0.528. The average Bonchev–Trinajstić information content (AvgIpc) is 3.30. The number of rotatable bonds is 6. The van der Waals surface area contributed by atoms with Gasteiger partial charge in [0.1, 0.15) is 5.01 Å². The zero-order chi connectivity index (χ0) is 27.1. The van der Waals surface area contributed by atoms with Crippen molar-refractivity contribution in [3.05, 3.63) is 34.0 Å². The minimum absolute atomic E-state index is 0.291. The van der Waals surface area contributed by atoms with Crippen LogP contribution in [0.15, 0.2) is 17.8 Å². The lowest BCUT2D eigenvalue weighted by Gasteiger charge is -2.35. The summed E-state index contributed by atoms with van der Waals surface area (Å²) >= 11 is 1.73. The van der Waals surface area contributed by atoms with Gasteiger partial charge in [0.05, 0.1) is 31.1 Å². The van der Waals surface area contributed by atoms with Gasteiger partial charge >= 0.3 is 24.3 Å². The van der Waals surface area contributed by atoms with Crippen molar-refractivity contribution < 1.29 is 50.9 Å². The molecule has 1 aliphatic carbocycles. The number of thiazole rings is 1. The molecular formula is C20H24F6N4O5S. The fourth-order valence-corrected chi connectivity index (χ4v) is 3.86. The smallest absolute Gasteiger partial charge is 0.475 e. The number of aryl methyl sites for hydroxylation is 1. The van der Waals surface area contributed by atoms with E-state index >= 15 is 0 Å². The van der Waals surface area contributed by atoms with Crippen LogP contribution < -0.4 is 0 Å². The summed E-state index contributed by atoms with van der Waals surface area (Å²) in [6.45, 7) is 3.62. The number of nitrogens with zero attached hydrogens (tertiary/aromatic N) is 4. The van der Waals surface area contributed by atoms with Crippen molar-refractivity contribution in [1.82, 2.24) is 19.7 Å². The molecule has 16 heteroatoms. The SMILES string of the molecule is Cn1ncc2c1C(COCC1CC1)N(Cc1nccs1)CC2.O=C(O)C(F)(F)F.O=C(O)C(F)(F)F. The molecule has 2 aromatic heterocycles. The highest BCUT2D eigenvalue weighted by Crippen LogP contribution is 2.33. The number of aromatic nitrogens is 3. The van der Waals surface area contributed by atoms with Gasteiger partial charge in [0.15, 0.2) is 0 Å². The van der Waals surface area contributed by atoms with Crippen LogP contribution in [0.4, 0.5) is 26.3 Å². The third-order valence-electron chi connectivity index (χ3n) is 5.12. The zero-order valence-corrected chi connectivity index (χ0v) is 19.7. The van der Waals surface area contributed by atoms with E-state index in [1.807, 2.05) is 29.5 Å². The summed E-state index contributed by atoms with van der Waals surface area (Å²) in [5, 5.41) is 21.9. The van der Waals surface area contributed by atoms with Gasteiger partial charge in [-0.1, -0.05) is 0 Å². The number of carboxylic acid groups (broad SMARTS) is 2. The van der Waals surface area contributed by atoms with Gasteiger partial charge in [-0.3, -0.25) is 9.58 Å². The van der Waals surface area contributed by atoms with Crippen LogP contribution in [0.25, 0.3) is 0 Å². The van der Waals surface area contributed by atoms with E-state index in [0.717, 1.165) is 38.6 Å². The Hall–Kier alpha value is -2.72. The highest BCUT2D eigenvalue weighted by atomic mass is 32.1. The number of carboxylic acids is 2. The number of hydrogen-bond donors (Lipinski definition) is 2. The average molecular weight is 546 g/mol. The number of alkyl halides is 6. The second kappa shape index (κ2) is 12.5. The van der Waals surface area contributed by atoms with Crippen LogP contribution in [-0.2, 0) is 34.3 Å². The minimum atomic E-state index is -5.08. The maximum atomic E-state index is 10.6. The summed E-state index contributed by atoms with van der Waals surface area (Å²) in [5.41, 5.74) is 2.69. The first kappa shape index (κ1) is 29.5. The summed E-state index contributed by atoms with van der Waals surface area (Å²) in [7, 11) is 2.04. The van der Waals surface area contributed by atoms with Gasteiger partial charge in [0.25, 0.3) is 0 Å². The molecule has 1 saturated carbocycles. The van der Waals surface area contributed by atoms with E-state index in [1.165, 1.54) is 29.1 Å². The summed E-state index contributed by atoms with van der Waals surface area (Å²) < 4.78 is 71.5. The van der Waals surface area contributed by atoms with Gasteiger partial charge in [0, 0.05) is 31.8 Å². The molecule has 2 aromatic rings. The molecule has 1 fully saturated rings. The van der Waals surface area contributed by atoms with Gasteiger partial charge in [-0.05, 0) is 30.7 Å². The minimum Gasteiger partial charge on any atom is -0.475 e. The van der Waals surface area contributed by atoms with E-state index in [9.17, 15) is 26.3 Å². The fourth-order valence-electron chi connectivity index (χ4n) is 3.22. The second-order valence-corrected chi connectivity index (χ2v) is 8.91. The summed E-state index contributed by atoms with van der Waals surface area (Å²) in [6, 6.07) is 0.291. The Morgan fingerprint density at radius 1 is 1.11 bits per heavy atom. The van der Waals surface area contributed by atoms with Crippen molar-refractivity contribution in [1.29, 1.82) is 0 Å². The van der Waals surface area contributed by atoms with E-state index in [1.54, 1.807) is 11.3 Å². The molecule has 0 spiro atoms. The third kappa shape index (κ3) is 9.39. The topological polar surface area (TPSA) is 118 Å². The van der Waals surface area contributed by atoms with Crippen LogP contribution in [0.5, 0.6) is 0 Å². The number of ether oxygens (including phenoxy) is 1. The Bertz CT molecular complexity index is 968. The maximum absolute atomic E-state index is 10.6. The first-order chi connectivity index (χ1) is 16.7. The first-order valence-electron chi connectivity index (χ1n) is 10.5. The molecule has 0 aromatic carbocycles. The van der Waals surface area contributed by atoms with E-state index in [-0.39, 0.29) is 0 Å². The van der Waals surface area contributed by atoms with Crippen LogP contribution in [-0.4, -0.2) is 73.9 Å². The van der Waals surface area contributed by atoms with Gasteiger partial charge < -0.3 is 14.9 Å². The van der Waals surface area contributed by atoms with Crippen LogP contribution in [0.1, 0.15) is 35.1 Å². The van der Waals surface area contributed by atoms with Crippen molar-refractivity contribution in [2.24, 2.45) is 13.0 Å². The Morgan fingerprint density at radius 2 is 1.69 bits per heavy atom. The van der Waals surface area contributed by atoms with E-state index < -0.39 is 24.3 Å². The lowest BCUT2D eigenvalue weighted by molar-refractivity contribution is -0.193. The molecule has 1 unspecified atom stereocenters. The van der Waals surface area contributed by atoms with Crippen LogP contribution in [0, 0.1) is 5.92 Å². The predicted octanol–water partition coefficient (Wildman–Crippen LogP) is 3.67.